The molecule has 21 heavy (non-hydrogen) atoms. The Kier molecular flexibility index (Phi) is 5.52. The van der Waals surface area contributed by atoms with Crippen LogP contribution in [0.15, 0.2) is 58.5 Å². The Labute approximate surface area is 125 Å². The van der Waals surface area contributed by atoms with Crippen LogP contribution in [0.2, 0.25) is 0 Å². The van der Waals surface area contributed by atoms with E-state index < -0.39 is 0 Å². The fraction of sp³-hybridized carbons (Fsp3) is 0.176. The SMILES string of the molecule is Nc1ccc(N=CCCCC=Nc2ccc(N)cc2)cc1. The molecule has 0 aliphatic rings. The molecule has 0 radical (unpaired) electrons. The molecule has 2 aromatic carbocycles. The normalized spacial score (nSPS) is 11.4. The number of nitrogen functional groups attached to an aromatic ring is 2. The van der Waals surface area contributed by atoms with E-state index in [0.29, 0.717) is 0 Å². The molecule has 0 aliphatic carbocycles. The van der Waals surface area contributed by atoms with Gasteiger partial charge in [0.05, 0.1) is 11.4 Å². The summed E-state index contributed by atoms with van der Waals surface area (Å²) in [7, 11) is 0. The van der Waals surface area contributed by atoms with Gasteiger partial charge in [-0.05, 0) is 67.8 Å². The molecule has 0 unspecified atom stereocenters. The predicted octanol–water partition coefficient (Wildman–Crippen LogP) is 4.13. The van der Waals surface area contributed by atoms with Crippen molar-refractivity contribution in [2.24, 2.45) is 9.98 Å². The van der Waals surface area contributed by atoms with Gasteiger partial charge in [0.2, 0.25) is 0 Å². The Morgan fingerprint density at radius 1 is 0.667 bits per heavy atom. The van der Waals surface area contributed by atoms with Crippen LogP contribution in [0.1, 0.15) is 19.3 Å². The lowest BCUT2D eigenvalue weighted by molar-refractivity contribution is 0.944. The molecular weight excluding hydrogens is 260 g/mol. The highest BCUT2D eigenvalue weighted by Crippen LogP contribution is 2.14. The summed E-state index contributed by atoms with van der Waals surface area (Å²) >= 11 is 0. The summed E-state index contributed by atoms with van der Waals surface area (Å²) in [6.45, 7) is 0. The lowest BCUT2D eigenvalue weighted by Gasteiger charge is -1.95. The molecule has 0 aliphatic heterocycles. The highest BCUT2D eigenvalue weighted by Gasteiger charge is 1.89. The van der Waals surface area contributed by atoms with Gasteiger partial charge in [0.15, 0.2) is 0 Å². The molecule has 2 rings (SSSR count). The number of nitrogens with two attached hydrogens (primary N) is 2. The summed E-state index contributed by atoms with van der Waals surface area (Å²) < 4.78 is 0. The first-order valence-corrected chi connectivity index (χ1v) is 7.00. The van der Waals surface area contributed by atoms with Gasteiger partial charge in [-0.2, -0.15) is 0 Å². The second kappa shape index (κ2) is 7.85. The number of rotatable bonds is 6. The zero-order valence-corrected chi connectivity index (χ0v) is 11.9. The van der Waals surface area contributed by atoms with Crippen LogP contribution in [-0.2, 0) is 0 Å². The third-order valence-electron chi connectivity index (χ3n) is 2.93. The molecule has 4 nitrogen and oxygen atoms in total. The van der Waals surface area contributed by atoms with Crippen molar-refractivity contribution in [3.05, 3.63) is 48.5 Å². The Morgan fingerprint density at radius 2 is 1.05 bits per heavy atom. The van der Waals surface area contributed by atoms with Crippen LogP contribution in [-0.4, -0.2) is 12.4 Å². The van der Waals surface area contributed by atoms with Crippen molar-refractivity contribution in [1.82, 2.24) is 0 Å². The van der Waals surface area contributed by atoms with E-state index in [9.17, 15) is 0 Å². The van der Waals surface area contributed by atoms with Gasteiger partial charge in [-0.1, -0.05) is 0 Å². The summed E-state index contributed by atoms with van der Waals surface area (Å²) in [5.74, 6) is 0. The first-order valence-electron chi connectivity index (χ1n) is 7.00. The molecule has 0 heterocycles. The minimum absolute atomic E-state index is 0.757. The highest BCUT2D eigenvalue weighted by atomic mass is 14.7. The van der Waals surface area contributed by atoms with Crippen LogP contribution in [0.4, 0.5) is 22.7 Å². The molecule has 0 spiro atoms. The van der Waals surface area contributed by atoms with Crippen LogP contribution in [0.5, 0.6) is 0 Å². The maximum atomic E-state index is 5.62. The minimum Gasteiger partial charge on any atom is -0.399 e. The Morgan fingerprint density at radius 3 is 1.43 bits per heavy atom. The maximum Gasteiger partial charge on any atom is 0.0627 e. The fourth-order valence-corrected chi connectivity index (χ4v) is 1.76. The molecule has 0 fully saturated rings. The number of hydrogen-bond acceptors (Lipinski definition) is 4. The van der Waals surface area contributed by atoms with Gasteiger partial charge in [-0.25, -0.2) is 0 Å². The van der Waals surface area contributed by atoms with Gasteiger partial charge < -0.3 is 11.5 Å². The van der Waals surface area contributed by atoms with E-state index in [0.717, 1.165) is 42.0 Å². The van der Waals surface area contributed by atoms with Crippen molar-refractivity contribution in [3.63, 3.8) is 0 Å². The van der Waals surface area contributed by atoms with Crippen molar-refractivity contribution in [3.8, 4) is 0 Å². The molecule has 0 saturated heterocycles. The van der Waals surface area contributed by atoms with E-state index in [1.165, 1.54) is 0 Å². The van der Waals surface area contributed by atoms with Gasteiger partial charge in [0.1, 0.15) is 0 Å². The summed E-state index contributed by atoms with van der Waals surface area (Å²) in [6.07, 6.45) is 6.75. The lowest BCUT2D eigenvalue weighted by atomic mass is 10.2. The van der Waals surface area contributed by atoms with Gasteiger partial charge in [-0.3, -0.25) is 9.98 Å². The quantitative estimate of drug-likeness (QED) is 0.474. The molecule has 0 bridgehead atoms. The fourth-order valence-electron chi connectivity index (χ4n) is 1.76. The van der Waals surface area contributed by atoms with Crippen molar-refractivity contribution in [2.75, 3.05) is 11.5 Å². The van der Waals surface area contributed by atoms with E-state index in [4.69, 9.17) is 11.5 Å². The summed E-state index contributed by atoms with van der Waals surface area (Å²) in [5.41, 5.74) is 14.6. The Balaban J connectivity index is 1.67. The van der Waals surface area contributed by atoms with Crippen molar-refractivity contribution >= 4 is 35.2 Å². The lowest BCUT2D eigenvalue weighted by Crippen LogP contribution is -1.82. The van der Waals surface area contributed by atoms with E-state index in [-0.39, 0.29) is 0 Å². The smallest absolute Gasteiger partial charge is 0.0627 e. The monoisotopic (exact) mass is 280 g/mol. The summed E-state index contributed by atoms with van der Waals surface area (Å²) in [5, 5.41) is 0. The predicted molar refractivity (Wildman–Crippen MR) is 91.9 cm³/mol. The highest BCUT2D eigenvalue weighted by molar-refractivity contribution is 5.66. The van der Waals surface area contributed by atoms with Crippen LogP contribution in [0.3, 0.4) is 0 Å². The molecule has 0 aromatic heterocycles. The van der Waals surface area contributed by atoms with Crippen molar-refractivity contribution < 1.29 is 0 Å². The topological polar surface area (TPSA) is 76.8 Å². The van der Waals surface area contributed by atoms with Gasteiger partial charge in [-0.15, -0.1) is 0 Å². The first-order chi connectivity index (χ1) is 10.2. The van der Waals surface area contributed by atoms with Crippen LogP contribution in [0, 0.1) is 0 Å². The third-order valence-corrected chi connectivity index (χ3v) is 2.93. The van der Waals surface area contributed by atoms with Crippen LogP contribution < -0.4 is 11.5 Å². The van der Waals surface area contributed by atoms with E-state index in [2.05, 4.69) is 9.98 Å². The third kappa shape index (κ3) is 5.48. The number of benzene rings is 2. The summed E-state index contributed by atoms with van der Waals surface area (Å²) in [6, 6.07) is 15.1. The number of hydrogen-bond donors (Lipinski definition) is 2. The molecule has 4 N–H and O–H groups in total. The van der Waals surface area contributed by atoms with Crippen molar-refractivity contribution in [1.29, 1.82) is 0 Å². The standard InChI is InChI=1S/C17H20N4/c18-14-4-8-16(9-5-14)20-12-2-1-3-13-21-17-10-6-15(19)7-11-17/h4-13H,1-3,18-19H2. The van der Waals surface area contributed by atoms with E-state index in [1.54, 1.807) is 0 Å². The molecule has 108 valence electrons. The second-order valence-corrected chi connectivity index (χ2v) is 4.74. The van der Waals surface area contributed by atoms with Crippen molar-refractivity contribution in [2.45, 2.75) is 19.3 Å². The minimum atomic E-state index is 0.757. The van der Waals surface area contributed by atoms with Gasteiger partial charge >= 0.3 is 0 Å². The molecule has 2 aromatic rings. The number of aliphatic imine (C=N–C) groups is 2. The maximum absolute atomic E-state index is 5.62. The van der Waals surface area contributed by atoms with E-state index in [1.807, 2.05) is 61.0 Å². The Bertz CT molecular complexity index is 542. The first kappa shape index (κ1) is 14.8. The van der Waals surface area contributed by atoms with E-state index >= 15 is 0 Å². The summed E-state index contributed by atoms with van der Waals surface area (Å²) in [4.78, 5) is 8.75. The average molecular weight is 280 g/mol. The molecule has 4 heteroatoms. The zero-order valence-electron chi connectivity index (χ0n) is 11.9. The largest absolute Gasteiger partial charge is 0.399 e. The molecule has 0 saturated carbocycles. The van der Waals surface area contributed by atoms with Gasteiger partial charge in [0.25, 0.3) is 0 Å². The Hall–Kier alpha value is -2.62. The molecule has 0 amide bonds. The molecular formula is C17H20N4. The molecule has 0 atom stereocenters. The zero-order chi connectivity index (χ0) is 14.9. The number of anilines is 2. The number of unbranched alkanes of at least 4 members (excludes halogenated alkanes) is 2. The van der Waals surface area contributed by atoms with Crippen LogP contribution in [0.25, 0.3) is 0 Å². The average Bonchev–Trinajstić information content (AvgIpc) is 2.50. The second-order valence-electron chi connectivity index (χ2n) is 4.74. The van der Waals surface area contributed by atoms with Crippen LogP contribution >= 0.6 is 0 Å². The number of nitrogens with zero attached hydrogens (tertiary/aromatic N) is 2. The van der Waals surface area contributed by atoms with Gasteiger partial charge in [0, 0.05) is 23.8 Å².